The average molecular weight is 317 g/mol. The van der Waals surface area contributed by atoms with Gasteiger partial charge in [-0.1, -0.05) is 0 Å². The van der Waals surface area contributed by atoms with Crippen molar-refractivity contribution in [2.45, 2.75) is 19.8 Å². The van der Waals surface area contributed by atoms with E-state index in [0.29, 0.717) is 30.3 Å². The molecular weight excluding hydrogens is 294 g/mol. The summed E-state index contributed by atoms with van der Waals surface area (Å²) in [6, 6.07) is 3.64. The van der Waals surface area contributed by atoms with Gasteiger partial charge in [-0.05, 0) is 44.8 Å². The van der Waals surface area contributed by atoms with Crippen LogP contribution >= 0.6 is 0 Å². The van der Waals surface area contributed by atoms with E-state index in [2.05, 4.69) is 27.0 Å². The molecule has 1 aliphatic rings. The van der Waals surface area contributed by atoms with Crippen LogP contribution in [0.25, 0.3) is 0 Å². The Morgan fingerprint density at radius 2 is 2.26 bits per heavy atom. The number of nitrogens with one attached hydrogen (secondary N) is 3. The van der Waals surface area contributed by atoms with E-state index in [1.54, 1.807) is 13.1 Å². The summed E-state index contributed by atoms with van der Waals surface area (Å²) >= 11 is 0. The number of amides is 1. The number of piperidine rings is 1. The van der Waals surface area contributed by atoms with Crippen molar-refractivity contribution in [1.82, 2.24) is 15.6 Å². The third kappa shape index (κ3) is 4.33. The Labute approximate surface area is 136 Å². The zero-order valence-electron chi connectivity index (χ0n) is 13.6. The highest BCUT2D eigenvalue weighted by atomic mass is 16.5. The Hall–Kier alpha value is -2.33. The molecule has 7 heteroatoms. The predicted octanol–water partition coefficient (Wildman–Crippen LogP) is 1.12. The van der Waals surface area contributed by atoms with Crippen LogP contribution in [0.5, 0.6) is 5.88 Å². The molecule has 0 bridgehead atoms. The van der Waals surface area contributed by atoms with Crippen LogP contribution in [0, 0.1) is 17.2 Å². The van der Waals surface area contributed by atoms with Crippen LogP contribution in [-0.4, -0.2) is 44.2 Å². The van der Waals surface area contributed by atoms with Crippen molar-refractivity contribution >= 4 is 11.6 Å². The monoisotopic (exact) mass is 317 g/mol. The Balaban J connectivity index is 2.12. The first-order valence-electron chi connectivity index (χ1n) is 7.94. The van der Waals surface area contributed by atoms with E-state index in [-0.39, 0.29) is 17.5 Å². The van der Waals surface area contributed by atoms with Crippen LogP contribution in [0.4, 0.5) is 5.69 Å². The quantitative estimate of drug-likeness (QED) is 0.727. The summed E-state index contributed by atoms with van der Waals surface area (Å²) in [5, 5.41) is 18.4. The molecule has 1 saturated heterocycles. The lowest BCUT2D eigenvalue weighted by Crippen LogP contribution is -2.36. The molecule has 0 spiro atoms. The molecule has 1 aliphatic heterocycles. The fourth-order valence-electron chi connectivity index (χ4n) is 2.60. The number of hydrogen-bond acceptors (Lipinski definition) is 6. The second-order valence-corrected chi connectivity index (χ2v) is 5.43. The van der Waals surface area contributed by atoms with E-state index in [9.17, 15) is 10.1 Å². The minimum Gasteiger partial charge on any atom is -0.477 e. The second-order valence-electron chi connectivity index (χ2n) is 5.43. The first kappa shape index (κ1) is 17.0. The molecule has 0 unspecified atom stereocenters. The number of nitriles is 1. The van der Waals surface area contributed by atoms with Gasteiger partial charge in [-0.3, -0.25) is 4.79 Å². The van der Waals surface area contributed by atoms with Crippen LogP contribution in [0.3, 0.4) is 0 Å². The zero-order chi connectivity index (χ0) is 16.7. The summed E-state index contributed by atoms with van der Waals surface area (Å²) in [5.74, 6) is 0.438. The zero-order valence-corrected chi connectivity index (χ0v) is 13.6. The number of hydrogen-bond donors (Lipinski definition) is 3. The van der Waals surface area contributed by atoms with Crippen molar-refractivity contribution in [3.8, 4) is 11.9 Å². The Morgan fingerprint density at radius 3 is 2.87 bits per heavy atom. The van der Waals surface area contributed by atoms with E-state index in [1.165, 1.54) is 0 Å². The average Bonchev–Trinajstić information content (AvgIpc) is 2.60. The molecule has 0 aromatic carbocycles. The minimum absolute atomic E-state index is 0.189. The number of carbonyl (C=O) groups is 1. The summed E-state index contributed by atoms with van der Waals surface area (Å²) in [6.45, 7) is 4.82. The summed E-state index contributed by atoms with van der Waals surface area (Å²) < 4.78 is 5.39. The number of anilines is 1. The molecule has 0 saturated carbocycles. The maximum absolute atomic E-state index is 12.4. The van der Waals surface area contributed by atoms with Crippen molar-refractivity contribution in [3.63, 3.8) is 0 Å². The topological polar surface area (TPSA) is 99.1 Å². The van der Waals surface area contributed by atoms with Crippen LogP contribution in [0.1, 0.15) is 35.8 Å². The molecule has 0 radical (unpaired) electrons. The lowest BCUT2D eigenvalue weighted by Gasteiger charge is -2.22. The van der Waals surface area contributed by atoms with Gasteiger partial charge >= 0.3 is 0 Å². The number of ether oxygens (including phenoxy) is 1. The smallest absolute Gasteiger partial charge is 0.270 e. The Morgan fingerprint density at radius 1 is 1.52 bits per heavy atom. The van der Waals surface area contributed by atoms with Gasteiger partial charge in [-0.25, -0.2) is 4.98 Å². The number of carbonyl (C=O) groups excluding carboxylic acids is 1. The molecule has 1 fully saturated rings. The van der Waals surface area contributed by atoms with E-state index >= 15 is 0 Å². The van der Waals surface area contributed by atoms with Gasteiger partial charge in [0.2, 0.25) is 5.88 Å². The van der Waals surface area contributed by atoms with Crippen LogP contribution in [0.2, 0.25) is 0 Å². The summed E-state index contributed by atoms with van der Waals surface area (Å²) in [4.78, 5) is 16.6. The molecular formula is C16H23N5O2. The molecule has 7 nitrogen and oxygen atoms in total. The van der Waals surface area contributed by atoms with E-state index in [1.807, 2.05) is 6.92 Å². The third-order valence-electron chi connectivity index (χ3n) is 3.89. The van der Waals surface area contributed by atoms with Crippen molar-refractivity contribution in [1.29, 1.82) is 5.26 Å². The molecule has 0 aliphatic carbocycles. The van der Waals surface area contributed by atoms with E-state index in [0.717, 1.165) is 25.9 Å². The highest BCUT2D eigenvalue weighted by Crippen LogP contribution is 2.25. The number of rotatable bonds is 6. The number of aromatic nitrogens is 1. The van der Waals surface area contributed by atoms with Crippen molar-refractivity contribution in [3.05, 3.63) is 17.3 Å². The van der Waals surface area contributed by atoms with Gasteiger partial charge in [0.05, 0.1) is 12.3 Å². The van der Waals surface area contributed by atoms with Gasteiger partial charge < -0.3 is 20.7 Å². The van der Waals surface area contributed by atoms with Crippen molar-refractivity contribution < 1.29 is 9.53 Å². The largest absolute Gasteiger partial charge is 0.477 e. The highest BCUT2D eigenvalue weighted by Gasteiger charge is 2.19. The first-order valence-corrected chi connectivity index (χ1v) is 7.94. The summed E-state index contributed by atoms with van der Waals surface area (Å²) in [7, 11) is 1.70. The van der Waals surface area contributed by atoms with Gasteiger partial charge in [0, 0.05) is 13.6 Å². The van der Waals surface area contributed by atoms with Gasteiger partial charge in [0.25, 0.3) is 5.91 Å². The second kappa shape index (κ2) is 8.34. The van der Waals surface area contributed by atoms with Gasteiger partial charge in [0.1, 0.15) is 17.3 Å². The first-order chi connectivity index (χ1) is 11.2. The number of nitrogens with zero attached hydrogens (tertiary/aromatic N) is 2. The van der Waals surface area contributed by atoms with Crippen LogP contribution < -0.4 is 20.7 Å². The molecule has 2 heterocycles. The fourth-order valence-corrected chi connectivity index (χ4v) is 2.60. The number of pyridine rings is 1. The minimum atomic E-state index is -0.245. The molecule has 3 N–H and O–H groups in total. The standard InChI is InChI=1S/C16H23N5O2/c1-3-23-16-12(9-17)13(18-2)8-14(21-16)15(22)20-10-11-4-6-19-7-5-11/h8,11,19H,3-7,10H2,1-2H3,(H,18,21)(H,20,22). The van der Waals surface area contributed by atoms with Gasteiger partial charge in [0.15, 0.2) is 0 Å². The third-order valence-corrected chi connectivity index (χ3v) is 3.89. The van der Waals surface area contributed by atoms with Crippen LogP contribution in [0.15, 0.2) is 6.07 Å². The molecule has 0 atom stereocenters. The van der Waals surface area contributed by atoms with Gasteiger partial charge in [-0.15, -0.1) is 0 Å². The molecule has 1 amide bonds. The Kier molecular flexibility index (Phi) is 6.18. The fraction of sp³-hybridized carbons (Fsp3) is 0.562. The normalized spacial score (nSPS) is 14.8. The predicted molar refractivity (Wildman–Crippen MR) is 87.6 cm³/mol. The molecule has 1 aromatic heterocycles. The maximum atomic E-state index is 12.4. The SMILES string of the molecule is CCOc1nc(C(=O)NCC2CCNCC2)cc(NC)c1C#N. The van der Waals surface area contributed by atoms with Crippen LogP contribution in [-0.2, 0) is 0 Å². The molecule has 23 heavy (non-hydrogen) atoms. The Bertz CT molecular complexity index is 591. The summed E-state index contributed by atoms with van der Waals surface area (Å²) in [5.41, 5.74) is 1.10. The summed E-state index contributed by atoms with van der Waals surface area (Å²) in [6.07, 6.45) is 2.13. The highest BCUT2D eigenvalue weighted by molar-refractivity contribution is 5.94. The van der Waals surface area contributed by atoms with Crippen molar-refractivity contribution in [2.75, 3.05) is 38.6 Å². The lowest BCUT2D eigenvalue weighted by molar-refractivity contribution is 0.0938. The van der Waals surface area contributed by atoms with Crippen molar-refractivity contribution in [2.24, 2.45) is 5.92 Å². The van der Waals surface area contributed by atoms with E-state index in [4.69, 9.17) is 4.74 Å². The molecule has 124 valence electrons. The molecule has 1 aromatic rings. The molecule has 2 rings (SSSR count). The van der Waals surface area contributed by atoms with E-state index < -0.39 is 0 Å². The lowest BCUT2D eigenvalue weighted by atomic mass is 9.98. The van der Waals surface area contributed by atoms with Gasteiger partial charge in [-0.2, -0.15) is 5.26 Å². The maximum Gasteiger partial charge on any atom is 0.270 e.